The maximum absolute atomic E-state index is 4.06. The van der Waals surface area contributed by atoms with Gasteiger partial charge in [-0.1, -0.05) is 6.07 Å². The molecule has 0 saturated carbocycles. The fraction of sp³-hybridized carbons (Fsp3) is 0.167. The van der Waals surface area contributed by atoms with E-state index >= 15 is 0 Å². The van der Waals surface area contributed by atoms with E-state index in [1.54, 1.807) is 18.6 Å². The molecule has 0 aliphatic heterocycles. The molecule has 0 radical (unpaired) electrons. The summed E-state index contributed by atoms with van der Waals surface area (Å²) in [5.41, 5.74) is 2.44. The van der Waals surface area contributed by atoms with Crippen LogP contribution in [0.15, 0.2) is 49.1 Å². The van der Waals surface area contributed by atoms with Crippen molar-refractivity contribution in [2.24, 2.45) is 0 Å². The number of hydrogen-bond donors (Lipinski definition) is 1. The molecule has 3 nitrogen and oxygen atoms in total. The summed E-state index contributed by atoms with van der Waals surface area (Å²) in [4.78, 5) is 8.03. The smallest absolute Gasteiger partial charge is 0.0312 e. The second kappa shape index (κ2) is 11.8. The molecule has 2 aromatic heterocycles. The van der Waals surface area contributed by atoms with Crippen molar-refractivity contribution < 1.29 is 50.9 Å². The van der Waals surface area contributed by atoms with Crippen molar-refractivity contribution in [2.45, 2.75) is 13.1 Å². The highest BCUT2D eigenvalue weighted by Gasteiger charge is 1.92. The Balaban J connectivity index is 0. The van der Waals surface area contributed by atoms with Gasteiger partial charge in [0.1, 0.15) is 0 Å². The molecule has 0 aromatic carbocycles. The van der Waals surface area contributed by atoms with Crippen LogP contribution in [0.5, 0.6) is 0 Å². The summed E-state index contributed by atoms with van der Waals surface area (Å²) in [5, 5.41) is 3.35. The van der Waals surface area contributed by atoms with E-state index in [0.29, 0.717) is 0 Å². The van der Waals surface area contributed by atoms with Gasteiger partial charge in [0.2, 0.25) is 0 Å². The van der Waals surface area contributed by atoms with Gasteiger partial charge in [0.05, 0.1) is 0 Å². The van der Waals surface area contributed by atoms with E-state index in [1.165, 1.54) is 11.1 Å². The Bertz CT molecular complexity index is 358. The summed E-state index contributed by atoms with van der Waals surface area (Å²) in [7, 11) is 0. The summed E-state index contributed by atoms with van der Waals surface area (Å²) in [5.74, 6) is 0. The Morgan fingerprint density at radius 2 is 1.44 bits per heavy atom. The van der Waals surface area contributed by atoms with E-state index in [2.05, 4.69) is 21.4 Å². The van der Waals surface area contributed by atoms with Crippen LogP contribution < -0.4 is 56.3 Å². The van der Waals surface area contributed by atoms with Crippen LogP contribution in [0.25, 0.3) is 0 Å². The van der Waals surface area contributed by atoms with Crippen molar-refractivity contribution >= 4 is 0 Å². The summed E-state index contributed by atoms with van der Waals surface area (Å²) >= 11 is 0. The van der Waals surface area contributed by atoms with Crippen molar-refractivity contribution in [3.8, 4) is 0 Å². The summed E-state index contributed by atoms with van der Waals surface area (Å²) in [6, 6.07) is 8.03. The Morgan fingerprint density at radius 3 is 2.06 bits per heavy atom. The van der Waals surface area contributed by atoms with Gasteiger partial charge in [0.25, 0.3) is 0 Å². The SMILES string of the molecule is [Br-].[Br-].[Br-].c1cncc(CNCc2ccncc2)c1. The van der Waals surface area contributed by atoms with Crippen LogP contribution >= 0.6 is 0 Å². The number of aromatic nitrogens is 2. The van der Waals surface area contributed by atoms with Crippen molar-refractivity contribution in [3.63, 3.8) is 0 Å². The lowest BCUT2D eigenvalue weighted by molar-refractivity contribution is -0.00100. The van der Waals surface area contributed by atoms with Crippen molar-refractivity contribution in [2.75, 3.05) is 0 Å². The van der Waals surface area contributed by atoms with Gasteiger partial charge in [-0.15, -0.1) is 0 Å². The van der Waals surface area contributed by atoms with E-state index in [0.717, 1.165) is 13.1 Å². The molecule has 0 spiro atoms. The lowest BCUT2D eigenvalue weighted by Gasteiger charge is -2.03. The highest BCUT2D eigenvalue weighted by molar-refractivity contribution is 5.11. The quantitative estimate of drug-likeness (QED) is 0.515. The van der Waals surface area contributed by atoms with Crippen molar-refractivity contribution in [1.82, 2.24) is 15.3 Å². The van der Waals surface area contributed by atoms with Crippen LogP contribution in [-0.2, 0) is 13.1 Å². The van der Waals surface area contributed by atoms with Crippen LogP contribution in [-0.4, -0.2) is 9.97 Å². The maximum atomic E-state index is 4.06. The first kappa shape index (κ1) is 20.0. The summed E-state index contributed by atoms with van der Waals surface area (Å²) in [6.07, 6.45) is 7.27. The monoisotopic (exact) mass is 436 g/mol. The van der Waals surface area contributed by atoms with Gasteiger partial charge in [-0.3, -0.25) is 9.97 Å². The van der Waals surface area contributed by atoms with Gasteiger partial charge < -0.3 is 56.3 Å². The largest absolute Gasteiger partial charge is 1.00 e. The van der Waals surface area contributed by atoms with Crippen LogP contribution in [0.2, 0.25) is 0 Å². The third-order valence-corrected chi connectivity index (χ3v) is 2.13. The number of pyridine rings is 2. The molecule has 0 fully saturated rings. The van der Waals surface area contributed by atoms with E-state index in [-0.39, 0.29) is 50.9 Å². The fourth-order valence-electron chi connectivity index (χ4n) is 1.35. The second-order valence-corrected chi connectivity index (χ2v) is 3.32. The van der Waals surface area contributed by atoms with Gasteiger partial charge in [-0.2, -0.15) is 0 Å². The molecular weight excluding hydrogens is 426 g/mol. The first-order valence-electron chi connectivity index (χ1n) is 4.94. The molecule has 0 aliphatic rings. The van der Waals surface area contributed by atoms with Gasteiger partial charge >= 0.3 is 0 Å². The summed E-state index contributed by atoms with van der Waals surface area (Å²) < 4.78 is 0. The van der Waals surface area contributed by atoms with Gasteiger partial charge in [-0.05, 0) is 29.3 Å². The Hall–Kier alpha value is -0.300. The molecule has 100 valence electrons. The number of rotatable bonds is 4. The highest BCUT2D eigenvalue weighted by Crippen LogP contribution is 1.98. The minimum atomic E-state index is 0. The number of nitrogens with one attached hydrogen (secondary N) is 1. The Labute approximate surface area is 139 Å². The molecule has 0 aliphatic carbocycles. The first-order chi connectivity index (χ1) is 7.45. The first-order valence-corrected chi connectivity index (χ1v) is 4.94. The zero-order valence-corrected chi connectivity index (χ0v) is 14.3. The average Bonchev–Trinajstić information content (AvgIpc) is 2.32. The average molecular weight is 439 g/mol. The van der Waals surface area contributed by atoms with E-state index in [1.807, 2.05) is 24.4 Å². The highest BCUT2D eigenvalue weighted by atomic mass is 79.9. The molecule has 18 heavy (non-hydrogen) atoms. The molecule has 2 heterocycles. The standard InChI is InChI=1S/C12H13N3.3BrH/c1-2-12(9-14-5-1)10-15-8-11-3-6-13-7-4-11;;;/h1-7,9,15H,8,10H2;3*1H/p-3. The van der Waals surface area contributed by atoms with Gasteiger partial charge in [-0.25, -0.2) is 0 Å². The van der Waals surface area contributed by atoms with Crippen LogP contribution in [0.3, 0.4) is 0 Å². The molecule has 2 aromatic rings. The predicted molar refractivity (Wildman–Crippen MR) is 59.0 cm³/mol. The molecule has 6 heteroatoms. The maximum Gasteiger partial charge on any atom is 0.0312 e. The molecular formula is C12H13Br3N3-3. The second-order valence-electron chi connectivity index (χ2n) is 3.32. The lowest BCUT2D eigenvalue weighted by atomic mass is 10.2. The van der Waals surface area contributed by atoms with E-state index < -0.39 is 0 Å². The normalized spacial score (nSPS) is 8.44. The Kier molecular flexibility index (Phi) is 13.1. The molecule has 0 saturated heterocycles. The molecule has 0 bridgehead atoms. The number of hydrogen-bond acceptors (Lipinski definition) is 3. The lowest BCUT2D eigenvalue weighted by Crippen LogP contribution is -3.00. The minimum Gasteiger partial charge on any atom is -1.00 e. The molecule has 0 atom stereocenters. The summed E-state index contributed by atoms with van der Waals surface area (Å²) in [6.45, 7) is 1.70. The zero-order valence-electron chi connectivity index (χ0n) is 9.56. The Morgan fingerprint density at radius 1 is 0.778 bits per heavy atom. The molecule has 2 rings (SSSR count). The van der Waals surface area contributed by atoms with Crippen molar-refractivity contribution in [3.05, 3.63) is 60.2 Å². The third kappa shape index (κ3) is 7.20. The topological polar surface area (TPSA) is 37.8 Å². The van der Waals surface area contributed by atoms with Crippen LogP contribution in [0.1, 0.15) is 11.1 Å². The third-order valence-electron chi connectivity index (χ3n) is 2.13. The van der Waals surface area contributed by atoms with Crippen molar-refractivity contribution in [1.29, 1.82) is 0 Å². The van der Waals surface area contributed by atoms with E-state index in [9.17, 15) is 0 Å². The molecule has 1 N–H and O–H groups in total. The zero-order chi connectivity index (χ0) is 10.3. The fourth-order valence-corrected chi connectivity index (χ4v) is 1.35. The minimum absolute atomic E-state index is 0. The molecule has 0 amide bonds. The van der Waals surface area contributed by atoms with Gasteiger partial charge in [0.15, 0.2) is 0 Å². The van der Waals surface area contributed by atoms with E-state index in [4.69, 9.17) is 0 Å². The number of halogens is 3. The van der Waals surface area contributed by atoms with Crippen LogP contribution in [0.4, 0.5) is 0 Å². The van der Waals surface area contributed by atoms with Crippen LogP contribution in [0, 0.1) is 0 Å². The van der Waals surface area contributed by atoms with Gasteiger partial charge in [0, 0.05) is 37.9 Å². The predicted octanol–water partition coefficient (Wildman–Crippen LogP) is -7.22. The molecule has 0 unspecified atom stereocenters. The number of nitrogens with zero attached hydrogens (tertiary/aromatic N) is 2.